The number of rotatable bonds is 5. The molecule has 152 valence electrons. The zero-order valence-electron chi connectivity index (χ0n) is 17.0. The Morgan fingerprint density at radius 1 is 1.13 bits per heavy atom. The van der Waals surface area contributed by atoms with E-state index < -0.39 is 0 Å². The number of amides is 1. The average molecular weight is 416 g/mol. The van der Waals surface area contributed by atoms with Crippen LogP contribution in [0.1, 0.15) is 42.4 Å². The topological polar surface area (TPSA) is 45.2 Å². The molecular formula is C25H25N3OS. The summed E-state index contributed by atoms with van der Waals surface area (Å²) in [6.45, 7) is 3.42. The fraction of sp³-hybridized carbons (Fsp3) is 0.280. The van der Waals surface area contributed by atoms with E-state index in [4.69, 9.17) is 4.98 Å². The number of hydrogen-bond donors (Lipinski definition) is 1. The van der Waals surface area contributed by atoms with Crippen LogP contribution < -0.4 is 5.32 Å². The Bertz CT molecular complexity index is 1160. The molecule has 0 radical (unpaired) electrons. The van der Waals surface area contributed by atoms with Gasteiger partial charge >= 0.3 is 0 Å². The Labute approximate surface area is 180 Å². The van der Waals surface area contributed by atoms with Crippen LogP contribution in [0.2, 0.25) is 0 Å². The number of nitrogens with one attached hydrogen (secondary N) is 1. The van der Waals surface area contributed by atoms with Crippen LogP contribution >= 0.6 is 11.3 Å². The minimum atomic E-state index is -0.0351. The normalized spacial score (nSPS) is 18.1. The SMILES string of the molecule is CC(NC(=O)CN1CCCC1c1nc2ccccc2s1)c1cccc2ccccc12. The monoisotopic (exact) mass is 415 g/mol. The van der Waals surface area contributed by atoms with Gasteiger partial charge in [0.1, 0.15) is 5.01 Å². The van der Waals surface area contributed by atoms with E-state index in [0.717, 1.165) is 35.5 Å². The quantitative estimate of drug-likeness (QED) is 0.470. The van der Waals surface area contributed by atoms with Gasteiger partial charge in [-0.3, -0.25) is 9.69 Å². The Morgan fingerprint density at radius 3 is 2.83 bits per heavy atom. The van der Waals surface area contributed by atoms with E-state index in [-0.39, 0.29) is 18.0 Å². The van der Waals surface area contributed by atoms with Crippen LogP contribution in [0.4, 0.5) is 0 Å². The van der Waals surface area contributed by atoms with Crippen molar-refractivity contribution in [1.82, 2.24) is 15.2 Å². The summed E-state index contributed by atoms with van der Waals surface area (Å²) in [6, 6.07) is 23.1. The van der Waals surface area contributed by atoms with E-state index in [0.29, 0.717) is 6.54 Å². The van der Waals surface area contributed by atoms with Gasteiger partial charge in [-0.25, -0.2) is 4.98 Å². The van der Waals surface area contributed by atoms with Crippen molar-refractivity contribution in [3.63, 3.8) is 0 Å². The van der Waals surface area contributed by atoms with Gasteiger partial charge < -0.3 is 5.32 Å². The number of benzene rings is 3. The Morgan fingerprint density at radius 2 is 1.93 bits per heavy atom. The fourth-order valence-corrected chi connectivity index (χ4v) is 5.64. The van der Waals surface area contributed by atoms with Crippen LogP contribution in [0.25, 0.3) is 21.0 Å². The minimum absolute atomic E-state index is 0.0351. The lowest BCUT2D eigenvalue weighted by Gasteiger charge is -2.24. The molecule has 1 fully saturated rings. The highest BCUT2D eigenvalue weighted by Gasteiger charge is 2.30. The predicted octanol–water partition coefficient (Wildman–Crippen LogP) is 5.46. The second-order valence-corrected chi connectivity index (χ2v) is 9.07. The molecule has 0 aliphatic carbocycles. The molecule has 2 unspecified atom stereocenters. The van der Waals surface area contributed by atoms with Crippen molar-refractivity contribution in [3.05, 3.63) is 77.3 Å². The third-order valence-electron chi connectivity index (χ3n) is 5.97. The first-order valence-corrected chi connectivity index (χ1v) is 11.4. The Kier molecular flexibility index (Phi) is 5.23. The third kappa shape index (κ3) is 3.71. The molecule has 4 nitrogen and oxygen atoms in total. The second kappa shape index (κ2) is 8.17. The van der Waals surface area contributed by atoms with Crippen LogP contribution in [0.5, 0.6) is 0 Å². The highest BCUT2D eigenvalue weighted by molar-refractivity contribution is 7.18. The highest BCUT2D eigenvalue weighted by atomic mass is 32.1. The van der Waals surface area contributed by atoms with Crippen LogP contribution in [-0.4, -0.2) is 28.9 Å². The Hall–Kier alpha value is -2.76. The molecule has 1 N–H and O–H groups in total. The molecule has 5 heteroatoms. The van der Waals surface area contributed by atoms with E-state index in [1.54, 1.807) is 11.3 Å². The van der Waals surface area contributed by atoms with Crippen molar-refractivity contribution in [2.45, 2.75) is 31.8 Å². The molecule has 0 spiro atoms. The molecule has 2 atom stereocenters. The molecule has 1 aliphatic heterocycles. The molecule has 5 rings (SSSR count). The van der Waals surface area contributed by atoms with Crippen molar-refractivity contribution < 1.29 is 4.79 Å². The summed E-state index contributed by atoms with van der Waals surface area (Å²) in [4.78, 5) is 20.0. The van der Waals surface area contributed by atoms with Gasteiger partial charge in [0.2, 0.25) is 5.91 Å². The number of hydrogen-bond acceptors (Lipinski definition) is 4. The Balaban J connectivity index is 1.29. The molecule has 1 saturated heterocycles. The maximum Gasteiger partial charge on any atom is 0.234 e. The zero-order valence-corrected chi connectivity index (χ0v) is 17.9. The first-order valence-electron chi connectivity index (χ1n) is 10.6. The number of likely N-dealkylation sites (tertiary alicyclic amines) is 1. The van der Waals surface area contributed by atoms with Crippen LogP contribution in [0.3, 0.4) is 0 Å². The van der Waals surface area contributed by atoms with Gasteiger partial charge in [0.15, 0.2) is 0 Å². The van der Waals surface area contributed by atoms with Gasteiger partial charge in [-0.15, -0.1) is 11.3 Å². The standard InChI is InChI=1S/C25H25N3OS/c1-17(19-11-6-9-18-8-2-3-10-20(18)19)26-24(29)16-28-15-7-13-22(28)25-27-21-12-4-5-14-23(21)30-25/h2-6,8-12,14,17,22H,7,13,15-16H2,1H3,(H,26,29). The molecular weight excluding hydrogens is 390 g/mol. The number of fused-ring (bicyclic) bond motifs is 2. The van der Waals surface area contributed by atoms with Crippen LogP contribution in [0, 0.1) is 0 Å². The van der Waals surface area contributed by atoms with Crippen molar-refractivity contribution in [2.75, 3.05) is 13.1 Å². The third-order valence-corrected chi connectivity index (χ3v) is 7.11. The summed E-state index contributed by atoms with van der Waals surface area (Å²) < 4.78 is 1.22. The molecule has 2 heterocycles. The van der Waals surface area contributed by atoms with E-state index >= 15 is 0 Å². The predicted molar refractivity (Wildman–Crippen MR) is 124 cm³/mol. The lowest BCUT2D eigenvalue weighted by molar-refractivity contribution is -0.123. The number of carbonyl (C=O) groups is 1. The maximum absolute atomic E-state index is 12.9. The molecule has 0 saturated carbocycles. The van der Waals surface area contributed by atoms with Crippen molar-refractivity contribution in [1.29, 1.82) is 0 Å². The van der Waals surface area contributed by atoms with Crippen molar-refractivity contribution in [3.8, 4) is 0 Å². The van der Waals surface area contributed by atoms with Gasteiger partial charge in [0.05, 0.1) is 28.8 Å². The van der Waals surface area contributed by atoms with E-state index in [9.17, 15) is 4.79 Å². The first kappa shape index (κ1) is 19.2. The summed E-state index contributed by atoms with van der Waals surface area (Å²) in [7, 11) is 0. The number of aromatic nitrogens is 1. The van der Waals surface area contributed by atoms with Gasteiger partial charge in [-0.1, -0.05) is 54.6 Å². The van der Waals surface area contributed by atoms with Gasteiger partial charge in [0, 0.05) is 0 Å². The molecule has 30 heavy (non-hydrogen) atoms. The molecule has 4 aromatic rings. The van der Waals surface area contributed by atoms with Crippen molar-refractivity contribution >= 4 is 38.2 Å². The zero-order chi connectivity index (χ0) is 20.5. The summed E-state index contributed by atoms with van der Waals surface area (Å²) in [5.41, 5.74) is 2.21. The summed E-state index contributed by atoms with van der Waals surface area (Å²) in [6.07, 6.45) is 2.17. The lowest BCUT2D eigenvalue weighted by Crippen LogP contribution is -2.38. The summed E-state index contributed by atoms with van der Waals surface area (Å²) in [5.74, 6) is 0.0726. The number of thiazole rings is 1. The van der Waals surface area contributed by atoms with Crippen molar-refractivity contribution in [2.24, 2.45) is 0 Å². The smallest absolute Gasteiger partial charge is 0.234 e. The minimum Gasteiger partial charge on any atom is -0.348 e. The lowest BCUT2D eigenvalue weighted by atomic mass is 10.00. The molecule has 3 aromatic carbocycles. The molecule has 1 aliphatic rings. The van der Waals surface area contributed by atoms with E-state index in [2.05, 4.69) is 65.7 Å². The molecule has 1 amide bonds. The number of nitrogens with zero attached hydrogens (tertiary/aromatic N) is 2. The molecule has 1 aromatic heterocycles. The largest absolute Gasteiger partial charge is 0.348 e. The van der Waals surface area contributed by atoms with Gasteiger partial charge in [-0.2, -0.15) is 0 Å². The first-order chi connectivity index (χ1) is 14.7. The van der Waals surface area contributed by atoms with Gasteiger partial charge in [-0.05, 0) is 54.8 Å². The summed E-state index contributed by atoms with van der Waals surface area (Å²) in [5, 5.41) is 6.74. The summed E-state index contributed by atoms with van der Waals surface area (Å²) >= 11 is 1.75. The average Bonchev–Trinajstić information content (AvgIpc) is 3.39. The van der Waals surface area contributed by atoms with Crippen LogP contribution in [-0.2, 0) is 4.79 Å². The highest BCUT2D eigenvalue weighted by Crippen LogP contribution is 2.36. The maximum atomic E-state index is 12.9. The van der Waals surface area contributed by atoms with E-state index in [1.807, 2.05) is 18.2 Å². The number of para-hydroxylation sites is 1. The second-order valence-electron chi connectivity index (χ2n) is 8.01. The number of carbonyl (C=O) groups excluding carboxylic acids is 1. The molecule has 0 bridgehead atoms. The van der Waals surface area contributed by atoms with E-state index in [1.165, 1.54) is 15.5 Å². The fourth-order valence-electron chi connectivity index (χ4n) is 4.50. The van der Waals surface area contributed by atoms with Gasteiger partial charge in [0.25, 0.3) is 0 Å². The van der Waals surface area contributed by atoms with Crippen LogP contribution in [0.15, 0.2) is 66.7 Å².